The number of carbonyl (C=O) groups is 1. The number of thiazole rings is 1. The average molecular weight is 293 g/mol. The molecule has 2 aromatic heterocycles. The minimum atomic E-state index is -0.0666. The number of nitrogens with zero attached hydrogens (tertiary/aromatic N) is 2. The molecule has 102 valence electrons. The number of rotatable bonds is 2. The van der Waals surface area contributed by atoms with Crippen LogP contribution in [0.25, 0.3) is 16.8 Å². The van der Waals surface area contributed by atoms with E-state index in [-0.39, 0.29) is 5.91 Å². The molecule has 0 radical (unpaired) electrons. The summed E-state index contributed by atoms with van der Waals surface area (Å²) in [6.45, 7) is 0. The molecule has 0 aliphatic carbocycles. The molecule has 3 heterocycles. The summed E-state index contributed by atoms with van der Waals surface area (Å²) in [4.78, 5) is 16.5. The monoisotopic (exact) mass is 293 g/mol. The minimum Gasteiger partial charge on any atom is -0.321 e. The van der Waals surface area contributed by atoms with Crippen molar-refractivity contribution in [3.63, 3.8) is 0 Å². The van der Waals surface area contributed by atoms with Crippen LogP contribution in [-0.4, -0.2) is 15.5 Å². The van der Waals surface area contributed by atoms with Crippen LogP contribution in [0.5, 0.6) is 0 Å². The number of nitrogens with one attached hydrogen (secondary N) is 1. The number of anilines is 1. The Morgan fingerprint density at radius 3 is 2.95 bits per heavy atom. The summed E-state index contributed by atoms with van der Waals surface area (Å²) in [7, 11) is 0. The van der Waals surface area contributed by atoms with Gasteiger partial charge in [0.05, 0.1) is 5.57 Å². The number of benzene rings is 1. The van der Waals surface area contributed by atoms with Crippen molar-refractivity contribution in [2.45, 2.75) is 0 Å². The second-order valence-electron chi connectivity index (χ2n) is 4.68. The molecule has 3 aromatic rings. The summed E-state index contributed by atoms with van der Waals surface area (Å²) in [5.74, 6) is -0.0666. The highest BCUT2D eigenvalue weighted by atomic mass is 32.1. The molecule has 0 fully saturated rings. The molecule has 0 unspecified atom stereocenters. The van der Waals surface area contributed by atoms with Crippen LogP contribution in [0.4, 0.5) is 5.69 Å². The third kappa shape index (κ3) is 1.98. The van der Waals surface area contributed by atoms with E-state index in [0.29, 0.717) is 5.57 Å². The second kappa shape index (κ2) is 4.71. The van der Waals surface area contributed by atoms with Crippen molar-refractivity contribution in [3.8, 4) is 5.13 Å². The number of amides is 1. The van der Waals surface area contributed by atoms with Crippen LogP contribution in [0.15, 0.2) is 54.2 Å². The lowest BCUT2D eigenvalue weighted by Crippen LogP contribution is -2.04. The Balaban J connectivity index is 1.83. The molecule has 1 aliphatic heterocycles. The summed E-state index contributed by atoms with van der Waals surface area (Å²) in [6, 6.07) is 11.6. The summed E-state index contributed by atoms with van der Waals surface area (Å²) >= 11 is 1.56. The van der Waals surface area contributed by atoms with Crippen molar-refractivity contribution in [3.05, 3.63) is 65.4 Å². The lowest BCUT2D eigenvalue weighted by molar-refractivity contribution is -0.110. The van der Waals surface area contributed by atoms with Crippen molar-refractivity contribution >= 4 is 34.6 Å². The van der Waals surface area contributed by atoms with E-state index in [0.717, 1.165) is 22.1 Å². The quantitative estimate of drug-likeness (QED) is 0.736. The molecule has 0 bridgehead atoms. The molecule has 1 N–H and O–H groups in total. The van der Waals surface area contributed by atoms with E-state index in [9.17, 15) is 4.79 Å². The maximum atomic E-state index is 12.2. The van der Waals surface area contributed by atoms with Crippen LogP contribution in [-0.2, 0) is 4.79 Å². The van der Waals surface area contributed by atoms with Gasteiger partial charge in [0.15, 0.2) is 5.13 Å². The maximum Gasteiger partial charge on any atom is 0.256 e. The van der Waals surface area contributed by atoms with Gasteiger partial charge in [-0.2, -0.15) is 0 Å². The van der Waals surface area contributed by atoms with Crippen LogP contribution >= 0.6 is 11.3 Å². The van der Waals surface area contributed by atoms with Gasteiger partial charge in [-0.25, -0.2) is 4.98 Å². The van der Waals surface area contributed by atoms with E-state index in [2.05, 4.69) is 10.3 Å². The zero-order valence-electron chi connectivity index (χ0n) is 11.0. The van der Waals surface area contributed by atoms with E-state index in [4.69, 9.17) is 0 Å². The van der Waals surface area contributed by atoms with Crippen LogP contribution < -0.4 is 5.32 Å². The number of aromatic nitrogens is 2. The normalized spacial score (nSPS) is 15.2. The summed E-state index contributed by atoms with van der Waals surface area (Å²) in [6.07, 6.45) is 5.63. The molecule has 0 saturated carbocycles. The molecule has 1 amide bonds. The zero-order chi connectivity index (χ0) is 14.2. The third-order valence-corrected chi connectivity index (χ3v) is 4.18. The Morgan fingerprint density at radius 1 is 1.19 bits per heavy atom. The molecule has 4 nitrogen and oxygen atoms in total. The number of hydrogen-bond acceptors (Lipinski definition) is 3. The van der Waals surface area contributed by atoms with Crippen molar-refractivity contribution in [2.75, 3.05) is 5.32 Å². The largest absolute Gasteiger partial charge is 0.321 e. The molecule has 21 heavy (non-hydrogen) atoms. The van der Waals surface area contributed by atoms with Crippen LogP contribution in [0.1, 0.15) is 11.3 Å². The molecule has 0 atom stereocenters. The van der Waals surface area contributed by atoms with Gasteiger partial charge in [-0.05, 0) is 24.3 Å². The molecule has 0 saturated heterocycles. The highest BCUT2D eigenvalue weighted by Gasteiger charge is 2.23. The first-order valence-corrected chi connectivity index (χ1v) is 7.40. The van der Waals surface area contributed by atoms with Gasteiger partial charge in [0.25, 0.3) is 5.91 Å². The molecule has 1 aromatic carbocycles. The van der Waals surface area contributed by atoms with Crippen molar-refractivity contribution < 1.29 is 4.79 Å². The van der Waals surface area contributed by atoms with Gasteiger partial charge in [-0.15, -0.1) is 11.3 Å². The molecular weight excluding hydrogens is 282 g/mol. The molecule has 1 aliphatic rings. The fourth-order valence-corrected chi connectivity index (χ4v) is 3.10. The van der Waals surface area contributed by atoms with E-state index in [1.807, 2.05) is 58.6 Å². The highest BCUT2D eigenvalue weighted by molar-refractivity contribution is 7.12. The SMILES string of the molecule is O=C1Nc2ccccc2/C1=C\c1cccn1-c1nccs1. The van der Waals surface area contributed by atoms with Crippen LogP contribution in [0.2, 0.25) is 0 Å². The summed E-state index contributed by atoms with van der Waals surface area (Å²) in [5, 5.41) is 5.71. The first-order chi connectivity index (χ1) is 10.3. The first kappa shape index (κ1) is 12.1. The van der Waals surface area contributed by atoms with E-state index < -0.39 is 0 Å². The van der Waals surface area contributed by atoms with Gasteiger partial charge >= 0.3 is 0 Å². The number of para-hydroxylation sites is 1. The lowest BCUT2D eigenvalue weighted by atomic mass is 10.1. The van der Waals surface area contributed by atoms with Crippen LogP contribution in [0, 0.1) is 0 Å². The number of carbonyl (C=O) groups excluding carboxylic acids is 1. The Labute approximate surface area is 125 Å². The molecule has 5 heteroatoms. The Morgan fingerprint density at radius 2 is 2.10 bits per heavy atom. The van der Waals surface area contributed by atoms with E-state index in [1.54, 1.807) is 17.5 Å². The third-order valence-electron chi connectivity index (χ3n) is 3.41. The fraction of sp³-hybridized carbons (Fsp3) is 0. The van der Waals surface area contributed by atoms with Gasteiger partial charge in [-0.1, -0.05) is 18.2 Å². The summed E-state index contributed by atoms with van der Waals surface area (Å²) in [5.41, 5.74) is 3.42. The summed E-state index contributed by atoms with van der Waals surface area (Å²) < 4.78 is 1.98. The fourth-order valence-electron chi connectivity index (χ4n) is 2.45. The Hall–Kier alpha value is -2.66. The molecular formula is C16H11N3OS. The standard InChI is InChI=1S/C16H11N3OS/c20-15-13(12-5-1-2-6-14(12)18-15)10-11-4-3-8-19(11)16-17-7-9-21-16/h1-10H,(H,18,20)/b13-10+. The van der Waals surface area contributed by atoms with Crippen molar-refractivity contribution in [1.29, 1.82) is 0 Å². The van der Waals surface area contributed by atoms with Crippen molar-refractivity contribution in [2.24, 2.45) is 0 Å². The number of fused-ring (bicyclic) bond motifs is 1. The van der Waals surface area contributed by atoms with Gasteiger partial charge in [0.2, 0.25) is 0 Å². The Bertz CT molecular complexity index is 846. The lowest BCUT2D eigenvalue weighted by Gasteiger charge is -2.03. The van der Waals surface area contributed by atoms with Gasteiger partial charge in [-0.3, -0.25) is 9.36 Å². The molecule has 0 spiro atoms. The maximum absolute atomic E-state index is 12.2. The minimum absolute atomic E-state index is 0.0666. The molecule has 4 rings (SSSR count). The van der Waals surface area contributed by atoms with E-state index >= 15 is 0 Å². The van der Waals surface area contributed by atoms with Gasteiger partial charge in [0.1, 0.15) is 0 Å². The number of hydrogen-bond donors (Lipinski definition) is 1. The predicted molar refractivity (Wildman–Crippen MR) is 84.4 cm³/mol. The average Bonchev–Trinajstić information content (AvgIpc) is 3.20. The van der Waals surface area contributed by atoms with Gasteiger partial charge < -0.3 is 5.32 Å². The van der Waals surface area contributed by atoms with E-state index in [1.165, 1.54) is 0 Å². The van der Waals surface area contributed by atoms with Crippen molar-refractivity contribution in [1.82, 2.24) is 9.55 Å². The van der Waals surface area contributed by atoms with Gasteiger partial charge in [0, 0.05) is 34.7 Å². The first-order valence-electron chi connectivity index (χ1n) is 6.52. The topological polar surface area (TPSA) is 46.9 Å². The Kier molecular flexibility index (Phi) is 2.72. The second-order valence-corrected chi connectivity index (χ2v) is 5.55. The highest BCUT2D eigenvalue weighted by Crippen LogP contribution is 2.33. The zero-order valence-corrected chi connectivity index (χ0v) is 11.8. The predicted octanol–water partition coefficient (Wildman–Crippen LogP) is 3.43. The van der Waals surface area contributed by atoms with Crippen LogP contribution in [0.3, 0.4) is 0 Å². The smallest absolute Gasteiger partial charge is 0.256 e.